The van der Waals surface area contributed by atoms with Crippen molar-refractivity contribution in [3.8, 4) is 17.2 Å². The second kappa shape index (κ2) is 8.66. The molecule has 1 atom stereocenters. The topological polar surface area (TPSA) is 94.2 Å². The largest absolute Gasteiger partial charge is 0.497 e. The zero-order valence-electron chi connectivity index (χ0n) is 18.3. The van der Waals surface area contributed by atoms with Gasteiger partial charge in [-0.05, 0) is 44.2 Å². The summed E-state index contributed by atoms with van der Waals surface area (Å²) in [5, 5.41) is 2.97. The van der Waals surface area contributed by atoms with Gasteiger partial charge in [-0.25, -0.2) is 8.42 Å². The molecule has 0 aliphatic carbocycles. The summed E-state index contributed by atoms with van der Waals surface area (Å²) in [5.41, 5.74) is 0.647. The van der Waals surface area contributed by atoms with E-state index >= 15 is 0 Å². The van der Waals surface area contributed by atoms with Gasteiger partial charge in [0.1, 0.15) is 29.4 Å². The monoisotopic (exact) mass is 448 g/mol. The molecule has 168 valence electrons. The van der Waals surface area contributed by atoms with E-state index in [9.17, 15) is 13.2 Å². The van der Waals surface area contributed by atoms with Crippen molar-refractivity contribution in [2.24, 2.45) is 0 Å². The van der Waals surface area contributed by atoms with E-state index in [1.807, 2.05) is 26.0 Å². The van der Waals surface area contributed by atoms with Gasteiger partial charge in [-0.3, -0.25) is 9.10 Å². The lowest BCUT2D eigenvalue weighted by molar-refractivity contribution is -0.120. The fourth-order valence-electron chi connectivity index (χ4n) is 3.62. The van der Waals surface area contributed by atoms with Crippen LogP contribution in [0.1, 0.15) is 31.9 Å². The molecule has 0 radical (unpaired) electrons. The minimum atomic E-state index is -3.70. The molecule has 0 spiro atoms. The smallest absolute Gasteiger partial charge is 0.241 e. The number of hydrogen-bond acceptors (Lipinski definition) is 6. The number of rotatable bonds is 7. The van der Waals surface area contributed by atoms with Crippen molar-refractivity contribution in [2.45, 2.75) is 31.9 Å². The Kier molecular flexibility index (Phi) is 6.35. The number of benzene rings is 2. The molecular weight excluding hydrogens is 420 g/mol. The van der Waals surface area contributed by atoms with Crippen LogP contribution in [0.3, 0.4) is 0 Å². The van der Waals surface area contributed by atoms with E-state index in [4.69, 9.17) is 14.2 Å². The normalized spacial score (nSPS) is 17.1. The summed E-state index contributed by atoms with van der Waals surface area (Å²) in [6.45, 7) is 3.53. The Bertz CT molecular complexity index is 1070. The average molecular weight is 449 g/mol. The summed E-state index contributed by atoms with van der Waals surface area (Å²) in [7, 11) is -0.635. The maximum absolute atomic E-state index is 13.0. The Morgan fingerprint density at radius 2 is 1.84 bits per heavy atom. The van der Waals surface area contributed by atoms with Crippen LogP contribution >= 0.6 is 0 Å². The molecule has 8 nitrogen and oxygen atoms in total. The second-order valence-corrected chi connectivity index (χ2v) is 9.97. The van der Waals surface area contributed by atoms with E-state index in [1.54, 1.807) is 37.4 Å². The van der Waals surface area contributed by atoms with Crippen LogP contribution in [-0.4, -0.2) is 46.9 Å². The fraction of sp³-hybridized carbons (Fsp3) is 0.409. The van der Waals surface area contributed by atoms with E-state index in [0.717, 1.165) is 16.1 Å². The van der Waals surface area contributed by atoms with Gasteiger partial charge >= 0.3 is 0 Å². The molecule has 0 saturated heterocycles. The van der Waals surface area contributed by atoms with Crippen molar-refractivity contribution >= 4 is 21.6 Å². The molecule has 2 aromatic rings. The highest BCUT2D eigenvalue weighted by Crippen LogP contribution is 2.41. The zero-order valence-corrected chi connectivity index (χ0v) is 19.2. The van der Waals surface area contributed by atoms with Crippen molar-refractivity contribution < 1.29 is 27.4 Å². The van der Waals surface area contributed by atoms with Crippen LogP contribution in [0.4, 0.5) is 5.69 Å². The van der Waals surface area contributed by atoms with Crippen molar-refractivity contribution in [2.75, 3.05) is 31.3 Å². The Balaban J connectivity index is 1.86. The highest BCUT2D eigenvalue weighted by Gasteiger charge is 2.35. The summed E-state index contributed by atoms with van der Waals surface area (Å²) in [5.74, 6) is 1.38. The number of nitrogens with zero attached hydrogens (tertiary/aromatic N) is 1. The van der Waals surface area contributed by atoms with E-state index in [0.29, 0.717) is 29.4 Å². The molecule has 0 unspecified atom stereocenters. The number of fused-ring (bicyclic) bond motifs is 1. The van der Waals surface area contributed by atoms with Crippen LogP contribution < -0.4 is 23.8 Å². The number of sulfonamides is 1. The van der Waals surface area contributed by atoms with Crippen molar-refractivity contribution in [3.63, 3.8) is 0 Å². The standard InChI is InChI=1S/C22H28N2O6S/c1-22(2)13-19(18-12-17(29-4)9-10-20(18)30-22)23-21(25)14-24(31(5,26)27)15-7-6-8-16(11-15)28-3/h6-12,19H,13-14H2,1-5H3,(H,23,25)/t19-/m1/s1. The molecule has 9 heteroatoms. The van der Waals surface area contributed by atoms with Gasteiger partial charge in [0.15, 0.2) is 0 Å². The van der Waals surface area contributed by atoms with Gasteiger partial charge in [0.2, 0.25) is 15.9 Å². The average Bonchev–Trinajstić information content (AvgIpc) is 2.70. The SMILES string of the molecule is COc1cccc(N(CC(=O)N[C@@H]2CC(C)(C)Oc3ccc(OC)cc32)S(C)(=O)=O)c1. The molecule has 31 heavy (non-hydrogen) atoms. The third kappa shape index (κ3) is 5.41. The molecule has 0 bridgehead atoms. The summed E-state index contributed by atoms with van der Waals surface area (Å²) >= 11 is 0. The number of nitrogens with one attached hydrogen (secondary N) is 1. The predicted octanol–water partition coefficient (Wildman–Crippen LogP) is 2.89. The van der Waals surface area contributed by atoms with E-state index < -0.39 is 21.5 Å². The van der Waals surface area contributed by atoms with Crippen LogP contribution in [0.2, 0.25) is 0 Å². The first-order valence-corrected chi connectivity index (χ1v) is 11.7. The lowest BCUT2D eigenvalue weighted by Crippen LogP contribution is -2.45. The highest BCUT2D eigenvalue weighted by atomic mass is 32.2. The number of amides is 1. The number of anilines is 1. The van der Waals surface area contributed by atoms with Crippen LogP contribution in [0.15, 0.2) is 42.5 Å². The number of methoxy groups -OCH3 is 2. The van der Waals surface area contributed by atoms with E-state index in [2.05, 4.69) is 5.32 Å². The lowest BCUT2D eigenvalue weighted by Gasteiger charge is -2.38. The summed E-state index contributed by atoms with van der Waals surface area (Å²) in [4.78, 5) is 13.0. The van der Waals surface area contributed by atoms with Gasteiger partial charge in [0.25, 0.3) is 0 Å². The Morgan fingerprint density at radius 3 is 2.48 bits per heavy atom. The fourth-order valence-corrected chi connectivity index (χ4v) is 4.47. The minimum Gasteiger partial charge on any atom is -0.497 e. The number of carbonyl (C=O) groups is 1. The minimum absolute atomic E-state index is 0.353. The molecule has 1 aliphatic rings. The maximum atomic E-state index is 13.0. The Labute approximate surface area is 183 Å². The third-order valence-corrected chi connectivity index (χ3v) is 6.18. The van der Waals surface area contributed by atoms with Crippen LogP contribution in [0.5, 0.6) is 17.2 Å². The summed E-state index contributed by atoms with van der Waals surface area (Å²) in [6, 6.07) is 11.7. The molecule has 1 N–H and O–H groups in total. The van der Waals surface area contributed by atoms with Crippen molar-refractivity contribution in [1.29, 1.82) is 0 Å². The Hall–Kier alpha value is -2.94. The molecule has 0 aromatic heterocycles. The van der Waals surface area contributed by atoms with Gasteiger partial charge in [-0.1, -0.05) is 6.07 Å². The predicted molar refractivity (Wildman–Crippen MR) is 118 cm³/mol. The lowest BCUT2D eigenvalue weighted by atomic mass is 9.89. The van der Waals surface area contributed by atoms with E-state index in [1.165, 1.54) is 7.11 Å². The molecular formula is C22H28N2O6S. The zero-order chi connectivity index (χ0) is 22.8. The summed E-state index contributed by atoms with van der Waals surface area (Å²) in [6.07, 6.45) is 1.59. The Morgan fingerprint density at radius 1 is 1.16 bits per heavy atom. The van der Waals surface area contributed by atoms with Crippen LogP contribution in [-0.2, 0) is 14.8 Å². The van der Waals surface area contributed by atoms with Crippen molar-refractivity contribution in [1.82, 2.24) is 5.32 Å². The molecule has 0 fully saturated rings. The van der Waals surface area contributed by atoms with Crippen LogP contribution in [0.25, 0.3) is 0 Å². The van der Waals surface area contributed by atoms with E-state index in [-0.39, 0.29) is 12.6 Å². The van der Waals surface area contributed by atoms with Crippen LogP contribution in [0, 0.1) is 0 Å². The first-order chi connectivity index (χ1) is 14.5. The maximum Gasteiger partial charge on any atom is 0.241 e. The first kappa shape index (κ1) is 22.7. The molecule has 3 rings (SSSR count). The molecule has 0 saturated carbocycles. The van der Waals surface area contributed by atoms with Gasteiger partial charge < -0.3 is 19.5 Å². The van der Waals surface area contributed by atoms with Crippen molar-refractivity contribution in [3.05, 3.63) is 48.0 Å². The van der Waals surface area contributed by atoms with Gasteiger partial charge in [0, 0.05) is 18.1 Å². The quantitative estimate of drug-likeness (QED) is 0.700. The molecule has 1 aliphatic heterocycles. The molecule has 1 heterocycles. The number of hydrogen-bond donors (Lipinski definition) is 1. The third-order valence-electron chi connectivity index (χ3n) is 5.04. The first-order valence-electron chi connectivity index (χ1n) is 9.80. The molecule has 2 aromatic carbocycles. The van der Waals surface area contributed by atoms with Gasteiger partial charge in [-0.2, -0.15) is 0 Å². The second-order valence-electron chi connectivity index (χ2n) is 8.06. The number of ether oxygens (including phenoxy) is 3. The molecule has 1 amide bonds. The van der Waals surface area contributed by atoms with Gasteiger partial charge in [-0.15, -0.1) is 0 Å². The summed E-state index contributed by atoms with van der Waals surface area (Å²) < 4.78 is 42.4. The van der Waals surface area contributed by atoms with Gasteiger partial charge in [0.05, 0.1) is 32.2 Å². The number of carbonyl (C=O) groups excluding carboxylic acids is 1. The highest BCUT2D eigenvalue weighted by molar-refractivity contribution is 7.92.